The number of benzene rings is 2. The SMILES string of the molecule is COc1ccc(OC)c(C2CCN(C(=O)c3ccccc3-c3ncc[nH]3)C2)c1. The number of nitrogens with zero attached hydrogens (tertiary/aromatic N) is 2. The highest BCUT2D eigenvalue weighted by Crippen LogP contribution is 2.36. The zero-order chi connectivity index (χ0) is 19.5. The molecular formula is C22H23N3O3. The van der Waals surface area contributed by atoms with E-state index in [0.717, 1.165) is 29.0 Å². The molecule has 1 saturated heterocycles. The third-order valence-electron chi connectivity index (χ3n) is 5.26. The zero-order valence-electron chi connectivity index (χ0n) is 16.0. The minimum atomic E-state index is 0.0244. The zero-order valence-corrected chi connectivity index (χ0v) is 16.0. The predicted molar refractivity (Wildman–Crippen MR) is 107 cm³/mol. The molecule has 1 fully saturated rings. The van der Waals surface area contributed by atoms with Gasteiger partial charge in [0.05, 0.1) is 19.8 Å². The van der Waals surface area contributed by atoms with Crippen LogP contribution in [0.1, 0.15) is 28.3 Å². The van der Waals surface area contributed by atoms with Gasteiger partial charge in [-0.25, -0.2) is 4.98 Å². The third-order valence-corrected chi connectivity index (χ3v) is 5.26. The van der Waals surface area contributed by atoms with Gasteiger partial charge in [0.1, 0.15) is 17.3 Å². The first-order valence-electron chi connectivity index (χ1n) is 9.31. The van der Waals surface area contributed by atoms with Crippen LogP contribution in [0.3, 0.4) is 0 Å². The fourth-order valence-corrected chi connectivity index (χ4v) is 3.82. The first-order valence-corrected chi connectivity index (χ1v) is 9.31. The number of hydrogen-bond acceptors (Lipinski definition) is 4. The maximum Gasteiger partial charge on any atom is 0.254 e. The second kappa shape index (κ2) is 7.76. The van der Waals surface area contributed by atoms with Crippen molar-refractivity contribution in [1.29, 1.82) is 0 Å². The van der Waals surface area contributed by atoms with Crippen LogP contribution < -0.4 is 9.47 Å². The number of rotatable bonds is 5. The lowest BCUT2D eigenvalue weighted by Crippen LogP contribution is -2.29. The van der Waals surface area contributed by atoms with Crippen LogP contribution in [0.4, 0.5) is 0 Å². The average molecular weight is 377 g/mol. The Morgan fingerprint density at radius 1 is 1.18 bits per heavy atom. The Morgan fingerprint density at radius 3 is 2.79 bits per heavy atom. The standard InChI is InChI=1S/C22H23N3O3/c1-27-16-7-8-20(28-2)19(13-16)15-9-12-25(14-15)22(26)18-6-4-3-5-17(18)21-23-10-11-24-21/h3-8,10-11,13,15H,9,12,14H2,1-2H3,(H,23,24). The lowest BCUT2D eigenvalue weighted by molar-refractivity contribution is 0.0791. The molecule has 6 heteroatoms. The van der Waals surface area contributed by atoms with E-state index in [1.807, 2.05) is 47.4 Å². The van der Waals surface area contributed by atoms with Crippen molar-refractivity contribution in [1.82, 2.24) is 14.9 Å². The molecule has 3 aromatic rings. The number of carbonyl (C=O) groups excluding carboxylic acids is 1. The molecule has 0 spiro atoms. The van der Waals surface area contributed by atoms with Gasteiger partial charge in [0, 0.05) is 42.5 Å². The summed E-state index contributed by atoms with van der Waals surface area (Å²) in [5.74, 6) is 2.56. The first-order chi connectivity index (χ1) is 13.7. The molecule has 2 aromatic carbocycles. The number of carbonyl (C=O) groups is 1. The minimum absolute atomic E-state index is 0.0244. The number of aromatic nitrogens is 2. The molecule has 0 saturated carbocycles. The third kappa shape index (κ3) is 3.33. The molecule has 144 valence electrons. The summed E-state index contributed by atoms with van der Waals surface area (Å²) in [6.07, 6.45) is 4.34. The molecule has 0 bridgehead atoms. The van der Waals surface area contributed by atoms with Gasteiger partial charge in [0.25, 0.3) is 5.91 Å². The molecule has 1 aliphatic heterocycles. The van der Waals surface area contributed by atoms with E-state index in [1.165, 1.54) is 0 Å². The van der Waals surface area contributed by atoms with Gasteiger partial charge in [0.15, 0.2) is 0 Å². The Hall–Kier alpha value is -3.28. The van der Waals surface area contributed by atoms with Crippen LogP contribution in [0, 0.1) is 0 Å². The highest BCUT2D eigenvalue weighted by molar-refractivity contribution is 6.00. The second-order valence-corrected chi connectivity index (χ2v) is 6.83. The maximum atomic E-state index is 13.2. The number of aromatic amines is 1. The van der Waals surface area contributed by atoms with Gasteiger partial charge in [-0.05, 0) is 30.7 Å². The van der Waals surface area contributed by atoms with Gasteiger partial charge in [0.2, 0.25) is 0 Å². The number of likely N-dealkylation sites (tertiary alicyclic amines) is 1. The molecule has 1 atom stereocenters. The van der Waals surface area contributed by atoms with Crippen LogP contribution in [-0.2, 0) is 0 Å². The molecular weight excluding hydrogens is 354 g/mol. The number of ether oxygens (including phenoxy) is 2. The summed E-state index contributed by atoms with van der Waals surface area (Å²) in [6.45, 7) is 1.35. The Labute approximate surface area is 164 Å². The van der Waals surface area contributed by atoms with Gasteiger partial charge in [-0.1, -0.05) is 18.2 Å². The second-order valence-electron chi connectivity index (χ2n) is 6.83. The summed E-state index contributed by atoms with van der Waals surface area (Å²) in [6, 6.07) is 13.4. The van der Waals surface area contributed by atoms with Crippen molar-refractivity contribution >= 4 is 5.91 Å². The van der Waals surface area contributed by atoms with Crippen LogP contribution in [-0.4, -0.2) is 48.1 Å². The van der Waals surface area contributed by atoms with E-state index in [-0.39, 0.29) is 11.8 Å². The quantitative estimate of drug-likeness (QED) is 0.736. The summed E-state index contributed by atoms with van der Waals surface area (Å²) in [7, 11) is 3.32. The number of H-pyrrole nitrogens is 1. The molecule has 1 N–H and O–H groups in total. The van der Waals surface area contributed by atoms with Crippen molar-refractivity contribution in [3.63, 3.8) is 0 Å². The first kappa shape index (κ1) is 18.1. The Bertz CT molecular complexity index is 969. The topological polar surface area (TPSA) is 67.5 Å². The van der Waals surface area contributed by atoms with E-state index in [4.69, 9.17) is 9.47 Å². The summed E-state index contributed by atoms with van der Waals surface area (Å²) >= 11 is 0. The van der Waals surface area contributed by atoms with E-state index in [0.29, 0.717) is 24.5 Å². The minimum Gasteiger partial charge on any atom is -0.497 e. The van der Waals surface area contributed by atoms with Gasteiger partial charge in [-0.15, -0.1) is 0 Å². The summed E-state index contributed by atoms with van der Waals surface area (Å²) < 4.78 is 10.9. The van der Waals surface area contributed by atoms with Crippen molar-refractivity contribution < 1.29 is 14.3 Å². The van der Waals surface area contributed by atoms with Crippen LogP contribution in [0.15, 0.2) is 54.9 Å². The van der Waals surface area contributed by atoms with Gasteiger partial charge >= 0.3 is 0 Å². The Balaban J connectivity index is 1.58. The fourth-order valence-electron chi connectivity index (χ4n) is 3.82. The van der Waals surface area contributed by atoms with Gasteiger partial charge in [-0.2, -0.15) is 0 Å². The van der Waals surface area contributed by atoms with E-state index < -0.39 is 0 Å². The number of methoxy groups -OCH3 is 2. The van der Waals surface area contributed by atoms with Crippen LogP contribution >= 0.6 is 0 Å². The number of imidazole rings is 1. The van der Waals surface area contributed by atoms with Crippen LogP contribution in [0.2, 0.25) is 0 Å². The van der Waals surface area contributed by atoms with Gasteiger partial charge < -0.3 is 19.4 Å². The molecule has 1 amide bonds. The normalized spacial score (nSPS) is 16.2. The van der Waals surface area contributed by atoms with E-state index >= 15 is 0 Å². The lowest BCUT2D eigenvalue weighted by Gasteiger charge is -2.19. The maximum absolute atomic E-state index is 13.2. The average Bonchev–Trinajstić information content (AvgIpc) is 3.45. The molecule has 4 rings (SSSR count). The summed E-state index contributed by atoms with van der Waals surface area (Å²) in [4.78, 5) is 22.5. The molecule has 1 unspecified atom stereocenters. The van der Waals surface area contributed by atoms with Crippen molar-refractivity contribution in [3.05, 3.63) is 66.0 Å². The smallest absolute Gasteiger partial charge is 0.254 e. The number of hydrogen-bond donors (Lipinski definition) is 1. The van der Waals surface area contributed by atoms with Crippen molar-refractivity contribution in [2.45, 2.75) is 12.3 Å². The number of nitrogens with one attached hydrogen (secondary N) is 1. The van der Waals surface area contributed by atoms with Gasteiger partial charge in [-0.3, -0.25) is 4.79 Å². The molecule has 1 aromatic heterocycles. The van der Waals surface area contributed by atoms with E-state index in [1.54, 1.807) is 26.6 Å². The van der Waals surface area contributed by atoms with Crippen molar-refractivity contribution in [3.8, 4) is 22.9 Å². The largest absolute Gasteiger partial charge is 0.497 e. The lowest BCUT2D eigenvalue weighted by atomic mass is 9.97. The summed E-state index contributed by atoms with van der Waals surface area (Å²) in [5, 5.41) is 0. The van der Waals surface area contributed by atoms with E-state index in [2.05, 4.69) is 9.97 Å². The monoisotopic (exact) mass is 377 g/mol. The van der Waals surface area contributed by atoms with Crippen LogP contribution in [0.5, 0.6) is 11.5 Å². The fraction of sp³-hybridized carbons (Fsp3) is 0.273. The Kier molecular flexibility index (Phi) is 5.02. The van der Waals surface area contributed by atoms with Crippen molar-refractivity contribution in [2.75, 3.05) is 27.3 Å². The molecule has 28 heavy (non-hydrogen) atoms. The van der Waals surface area contributed by atoms with Crippen LogP contribution in [0.25, 0.3) is 11.4 Å². The molecule has 0 radical (unpaired) electrons. The molecule has 1 aliphatic rings. The highest BCUT2D eigenvalue weighted by Gasteiger charge is 2.31. The molecule has 0 aliphatic carbocycles. The number of amides is 1. The molecule has 6 nitrogen and oxygen atoms in total. The molecule has 2 heterocycles. The predicted octanol–water partition coefficient (Wildman–Crippen LogP) is 3.72. The summed E-state index contributed by atoms with van der Waals surface area (Å²) in [5.41, 5.74) is 2.56. The highest BCUT2D eigenvalue weighted by atomic mass is 16.5. The van der Waals surface area contributed by atoms with E-state index in [9.17, 15) is 4.79 Å². The Morgan fingerprint density at radius 2 is 2.04 bits per heavy atom. The van der Waals surface area contributed by atoms with Crippen molar-refractivity contribution in [2.24, 2.45) is 0 Å².